The molecule has 2 aromatic rings. The van der Waals surface area contributed by atoms with Crippen molar-refractivity contribution in [2.24, 2.45) is 11.8 Å². The number of carbonyl (C=O) groups is 3. The van der Waals surface area contributed by atoms with E-state index in [1.807, 2.05) is 44.2 Å². The summed E-state index contributed by atoms with van der Waals surface area (Å²) in [5, 5.41) is 16.1. The zero-order valence-electron chi connectivity index (χ0n) is 22.0. The molecule has 3 saturated heterocycles. The summed E-state index contributed by atoms with van der Waals surface area (Å²) in [7, 11) is 0. The molecular formula is C29H34BrN3O5S. The summed E-state index contributed by atoms with van der Waals surface area (Å²) < 4.78 is 4.73. The lowest BCUT2D eigenvalue weighted by molar-refractivity contribution is -0.142. The number of benzene rings is 2. The van der Waals surface area contributed by atoms with Gasteiger partial charge in [-0.1, -0.05) is 53.2 Å². The van der Waals surface area contributed by atoms with Crippen LogP contribution in [0.15, 0.2) is 54.6 Å². The van der Waals surface area contributed by atoms with Crippen LogP contribution < -0.4 is 15.4 Å². The van der Waals surface area contributed by atoms with E-state index in [0.29, 0.717) is 37.4 Å². The zero-order chi connectivity index (χ0) is 27.7. The lowest BCUT2D eigenvalue weighted by Gasteiger charge is -2.37. The van der Waals surface area contributed by atoms with E-state index in [-0.39, 0.29) is 34.4 Å². The topological polar surface area (TPSA) is 108 Å². The number of aliphatic hydroxyl groups excluding tert-OH is 1. The Kier molecular flexibility index (Phi) is 8.26. The Bertz CT molecular complexity index is 1210. The Morgan fingerprint density at radius 1 is 1.15 bits per heavy atom. The summed E-state index contributed by atoms with van der Waals surface area (Å²) in [6, 6.07) is 15.5. The minimum atomic E-state index is -0.783. The van der Waals surface area contributed by atoms with Gasteiger partial charge in [-0.3, -0.25) is 14.4 Å². The minimum Gasteiger partial charge on any atom is -0.494 e. The van der Waals surface area contributed by atoms with E-state index in [1.165, 1.54) is 0 Å². The first-order valence-corrected chi connectivity index (χ1v) is 15.2. The van der Waals surface area contributed by atoms with Gasteiger partial charge in [-0.25, -0.2) is 0 Å². The van der Waals surface area contributed by atoms with Crippen LogP contribution in [0.3, 0.4) is 0 Å². The minimum absolute atomic E-state index is 0.0267. The highest BCUT2D eigenvalue weighted by atomic mass is 79.9. The van der Waals surface area contributed by atoms with Crippen molar-refractivity contribution in [3.05, 3.63) is 60.2 Å². The van der Waals surface area contributed by atoms with Gasteiger partial charge in [-0.15, -0.1) is 11.8 Å². The molecule has 3 amide bonds. The molecule has 5 rings (SSSR count). The molecule has 8 nitrogen and oxygen atoms in total. The number of halogens is 1. The third kappa shape index (κ3) is 4.95. The van der Waals surface area contributed by atoms with Crippen molar-refractivity contribution >= 4 is 51.1 Å². The molecule has 0 aromatic heterocycles. The Morgan fingerprint density at radius 3 is 2.51 bits per heavy atom. The number of alkyl halides is 1. The van der Waals surface area contributed by atoms with Crippen LogP contribution in [-0.2, 0) is 20.9 Å². The number of anilines is 1. The molecule has 3 aliphatic rings. The van der Waals surface area contributed by atoms with Crippen molar-refractivity contribution in [2.45, 2.75) is 60.1 Å². The van der Waals surface area contributed by atoms with E-state index >= 15 is 0 Å². The number of ether oxygens (including phenoxy) is 1. The summed E-state index contributed by atoms with van der Waals surface area (Å²) in [6.45, 7) is 4.44. The van der Waals surface area contributed by atoms with Crippen molar-refractivity contribution in [1.82, 2.24) is 10.2 Å². The van der Waals surface area contributed by atoms with Crippen LogP contribution in [0.2, 0.25) is 0 Å². The number of hydrogen-bond donors (Lipinski definition) is 3. The number of hydrogen-bond acceptors (Lipinski definition) is 6. The second-order valence-electron chi connectivity index (χ2n) is 10.3. The summed E-state index contributed by atoms with van der Waals surface area (Å²) in [4.78, 5) is 43.3. The molecule has 2 bridgehead atoms. The highest BCUT2D eigenvalue weighted by molar-refractivity contribution is 9.09. The van der Waals surface area contributed by atoms with Crippen LogP contribution in [0.1, 0.15) is 32.3 Å². The molecular weight excluding hydrogens is 582 g/mol. The molecule has 2 aromatic carbocycles. The lowest BCUT2D eigenvalue weighted by atomic mass is 9.70. The standard InChI is InChI=1S/C29H34BrN3O5S/c1-3-19(16-34)33-25(27(36)31-15-17-8-6-5-7-9-17)29-14-21(30)24(39-29)22(23(29)28(33)37)26(35)32-18-10-12-20(13-11-18)38-4-2/h5-13,19,21-25,34H,3-4,14-16H2,1-2H3,(H,31,36)(H,32,35)/t19-,21?,22-,23-,24-,25?,29?/m0/s1. The number of thioether (sulfide) groups is 1. The lowest BCUT2D eigenvalue weighted by Crippen LogP contribution is -2.56. The highest BCUT2D eigenvalue weighted by Gasteiger charge is 2.76. The van der Waals surface area contributed by atoms with E-state index in [9.17, 15) is 19.5 Å². The number of aliphatic hydroxyl groups is 1. The van der Waals surface area contributed by atoms with Gasteiger partial charge in [0, 0.05) is 22.3 Å². The second kappa shape index (κ2) is 11.5. The van der Waals surface area contributed by atoms with E-state index in [0.717, 1.165) is 5.56 Å². The maximum absolute atomic E-state index is 14.1. The fourth-order valence-corrected chi connectivity index (χ4v) is 9.98. The molecule has 3 heterocycles. The Morgan fingerprint density at radius 2 is 1.87 bits per heavy atom. The zero-order valence-corrected chi connectivity index (χ0v) is 24.4. The van der Waals surface area contributed by atoms with Gasteiger partial charge >= 0.3 is 0 Å². The molecule has 3 fully saturated rings. The molecule has 3 N–H and O–H groups in total. The predicted molar refractivity (Wildman–Crippen MR) is 155 cm³/mol. The van der Waals surface area contributed by atoms with Gasteiger partial charge < -0.3 is 25.4 Å². The largest absolute Gasteiger partial charge is 0.494 e. The van der Waals surface area contributed by atoms with Gasteiger partial charge in [0.25, 0.3) is 0 Å². The van der Waals surface area contributed by atoms with Crippen LogP contribution in [0.25, 0.3) is 0 Å². The van der Waals surface area contributed by atoms with Crippen molar-refractivity contribution in [1.29, 1.82) is 0 Å². The fraction of sp³-hybridized carbons (Fsp3) is 0.483. The van der Waals surface area contributed by atoms with Crippen LogP contribution in [0.4, 0.5) is 5.69 Å². The summed E-state index contributed by atoms with van der Waals surface area (Å²) in [6.07, 6.45) is 1.09. The molecule has 39 heavy (non-hydrogen) atoms. The SMILES string of the molecule is CCOc1ccc(NC(=O)[C@H]2[C@H]3C(=O)N([C@@H](CC)CO)C(C(=O)NCc4ccccc4)C34CC(Br)[C@@H]2S4)cc1. The van der Waals surface area contributed by atoms with Gasteiger partial charge in [-0.05, 0) is 49.6 Å². The molecule has 0 saturated carbocycles. The fourth-order valence-electron chi connectivity index (χ4n) is 6.38. The Hall–Kier alpha value is -2.56. The molecule has 10 heteroatoms. The average Bonchev–Trinajstić information content (AvgIpc) is 3.53. The average molecular weight is 617 g/mol. The Labute approximate surface area is 241 Å². The first-order valence-electron chi connectivity index (χ1n) is 13.4. The van der Waals surface area contributed by atoms with Crippen molar-refractivity contribution in [3.8, 4) is 5.75 Å². The molecule has 208 valence electrons. The highest BCUT2D eigenvalue weighted by Crippen LogP contribution is 2.68. The summed E-state index contributed by atoms with van der Waals surface area (Å²) in [5.41, 5.74) is 1.58. The first kappa shape index (κ1) is 28.0. The number of nitrogens with one attached hydrogen (secondary N) is 2. The predicted octanol–water partition coefficient (Wildman–Crippen LogP) is 3.58. The molecule has 7 atom stereocenters. The van der Waals surface area contributed by atoms with Crippen LogP contribution in [0, 0.1) is 11.8 Å². The molecule has 0 radical (unpaired) electrons. The van der Waals surface area contributed by atoms with E-state index < -0.39 is 28.7 Å². The monoisotopic (exact) mass is 615 g/mol. The van der Waals surface area contributed by atoms with Gasteiger partial charge in [0.15, 0.2) is 0 Å². The number of amides is 3. The smallest absolute Gasteiger partial charge is 0.244 e. The normalized spacial score (nSPS) is 29.7. The number of carbonyl (C=O) groups excluding carboxylic acids is 3. The van der Waals surface area contributed by atoms with Crippen LogP contribution in [0.5, 0.6) is 5.75 Å². The second-order valence-corrected chi connectivity index (χ2v) is 13.0. The number of nitrogens with zero attached hydrogens (tertiary/aromatic N) is 1. The van der Waals surface area contributed by atoms with E-state index in [2.05, 4.69) is 26.6 Å². The van der Waals surface area contributed by atoms with E-state index in [4.69, 9.17) is 4.74 Å². The molecule has 1 spiro atoms. The number of likely N-dealkylation sites (tertiary alicyclic amines) is 1. The first-order chi connectivity index (χ1) is 18.8. The summed E-state index contributed by atoms with van der Waals surface area (Å²) >= 11 is 5.37. The molecule has 3 unspecified atom stereocenters. The third-order valence-electron chi connectivity index (χ3n) is 8.10. The van der Waals surface area contributed by atoms with Crippen molar-refractivity contribution < 1.29 is 24.2 Å². The van der Waals surface area contributed by atoms with Gasteiger partial charge in [-0.2, -0.15) is 0 Å². The Balaban J connectivity index is 1.44. The van der Waals surface area contributed by atoms with Crippen LogP contribution in [-0.4, -0.2) is 67.8 Å². The quantitative estimate of drug-likeness (QED) is 0.353. The van der Waals surface area contributed by atoms with Crippen molar-refractivity contribution in [3.63, 3.8) is 0 Å². The summed E-state index contributed by atoms with van der Waals surface area (Å²) in [5.74, 6) is -1.26. The molecule has 0 aliphatic carbocycles. The molecule has 3 aliphatic heterocycles. The maximum Gasteiger partial charge on any atom is 0.244 e. The number of rotatable bonds is 10. The van der Waals surface area contributed by atoms with Crippen molar-refractivity contribution in [2.75, 3.05) is 18.5 Å². The number of fused-ring (bicyclic) bond motifs is 1. The van der Waals surface area contributed by atoms with Gasteiger partial charge in [0.2, 0.25) is 17.7 Å². The van der Waals surface area contributed by atoms with Gasteiger partial charge in [0.1, 0.15) is 11.8 Å². The van der Waals surface area contributed by atoms with E-state index in [1.54, 1.807) is 40.9 Å². The van der Waals surface area contributed by atoms with Crippen LogP contribution >= 0.6 is 27.7 Å². The van der Waals surface area contributed by atoms with Gasteiger partial charge in [0.05, 0.1) is 35.8 Å². The third-order valence-corrected chi connectivity index (χ3v) is 11.3. The maximum atomic E-state index is 14.1.